The topological polar surface area (TPSA) is 43.8 Å². The van der Waals surface area contributed by atoms with Crippen molar-refractivity contribution in [3.63, 3.8) is 0 Å². The van der Waals surface area contributed by atoms with Crippen LogP contribution in [0.2, 0.25) is 0 Å². The molecule has 1 aromatic heterocycles. The number of hydrogen-bond acceptors (Lipinski definition) is 3. The standard InChI is InChI=1S/C10H10FN3S/c1-14-5-4-13-10(14)15-9-3-2-7(11)6-8(9)12/h2-6H,12H2,1H3. The quantitative estimate of drug-likeness (QED) is 0.794. The average Bonchev–Trinajstić information content (AvgIpc) is 2.57. The highest BCUT2D eigenvalue weighted by molar-refractivity contribution is 7.99. The Kier molecular flexibility index (Phi) is 2.64. The van der Waals surface area contributed by atoms with Gasteiger partial charge in [-0.3, -0.25) is 0 Å². The zero-order valence-electron chi connectivity index (χ0n) is 8.14. The van der Waals surface area contributed by atoms with Gasteiger partial charge >= 0.3 is 0 Å². The first-order valence-electron chi connectivity index (χ1n) is 4.37. The summed E-state index contributed by atoms with van der Waals surface area (Å²) in [6.07, 6.45) is 3.56. The number of anilines is 1. The summed E-state index contributed by atoms with van der Waals surface area (Å²) in [5.74, 6) is -0.323. The van der Waals surface area contributed by atoms with Crippen LogP contribution >= 0.6 is 11.8 Å². The van der Waals surface area contributed by atoms with E-state index in [1.54, 1.807) is 12.3 Å². The minimum atomic E-state index is -0.323. The molecule has 0 aliphatic carbocycles. The maximum Gasteiger partial charge on any atom is 0.172 e. The third-order valence-corrected chi connectivity index (χ3v) is 3.12. The van der Waals surface area contributed by atoms with Crippen LogP contribution in [0.4, 0.5) is 10.1 Å². The molecule has 5 heteroatoms. The molecule has 78 valence electrons. The predicted molar refractivity (Wildman–Crippen MR) is 58.1 cm³/mol. The van der Waals surface area contributed by atoms with Gasteiger partial charge in [0.15, 0.2) is 5.16 Å². The zero-order chi connectivity index (χ0) is 10.8. The van der Waals surface area contributed by atoms with Gasteiger partial charge in [-0.15, -0.1) is 0 Å². The van der Waals surface area contributed by atoms with Crippen LogP contribution in [0.1, 0.15) is 0 Å². The molecule has 0 unspecified atom stereocenters. The van der Waals surface area contributed by atoms with Gasteiger partial charge in [0.05, 0.1) is 0 Å². The molecule has 0 aliphatic heterocycles. The number of benzene rings is 1. The molecule has 0 saturated heterocycles. The van der Waals surface area contributed by atoms with Crippen LogP contribution < -0.4 is 5.73 Å². The number of nitrogen functional groups attached to an aromatic ring is 1. The maximum absolute atomic E-state index is 12.8. The molecule has 3 nitrogen and oxygen atoms in total. The van der Waals surface area contributed by atoms with Gasteiger partial charge in [0.1, 0.15) is 5.82 Å². The predicted octanol–water partition coefficient (Wildman–Crippen LogP) is 2.29. The van der Waals surface area contributed by atoms with Crippen LogP contribution in [0.15, 0.2) is 40.6 Å². The lowest BCUT2D eigenvalue weighted by atomic mass is 10.3. The number of nitrogens with two attached hydrogens (primary N) is 1. The van der Waals surface area contributed by atoms with Gasteiger partial charge in [-0.2, -0.15) is 0 Å². The summed E-state index contributed by atoms with van der Waals surface area (Å²) in [7, 11) is 1.90. The van der Waals surface area contributed by atoms with Crippen molar-refractivity contribution in [3.05, 3.63) is 36.4 Å². The number of aryl methyl sites for hydroxylation is 1. The Morgan fingerprint density at radius 1 is 1.47 bits per heavy atom. The Labute approximate surface area is 91.1 Å². The number of imidazole rings is 1. The fraction of sp³-hybridized carbons (Fsp3) is 0.100. The smallest absolute Gasteiger partial charge is 0.172 e. The molecule has 15 heavy (non-hydrogen) atoms. The Morgan fingerprint density at radius 3 is 2.87 bits per heavy atom. The number of hydrogen-bond donors (Lipinski definition) is 1. The first kappa shape index (κ1) is 10.0. The minimum Gasteiger partial charge on any atom is -0.398 e. The second-order valence-electron chi connectivity index (χ2n) is 3.10. The highest BCUT2D eigenvalue weighted by Crippen LogP contribution is 2.30. The lowest BCUT2D eigenvalue weighted by Gasteiger charge is -2.04. The van der Waals surface area contributed by atoms with Crippen LogP contribution in [0.25, 0.3) is 0 Å². The molecular weight excluding hydrogens is 213 g/mol. The second-order valence-corrected chi connectivity index (χ2v) is 4.11. The molecule has 0 fully saturated rings. The highest BCUT2D eigenvalue weighted by atomic mass is 32.2. The summed E-state index contributed by atoms with van der Waals surface area (Å²) >= 11 is 1.42. The van der Waals surface area contributed by atoms with Crippen molar-refractivity contribution in [2.45, 2.75) is 10.1 Å². The van der Waals surface area contributed by atoms with Gasteiger partial charge in [-0.05, 0) is 30.0 Å². The Balaban J connectivity index is 2.29. The molecule has 1 aromatic carbocycles. The van der Waals surface area contributed by atoms with E-state index in [2.05, 4.69) is 4.98 Å². The summed E-state index contributed by atoms with van der Waals surface area (Å²) in [4.78, 5) is 4.96. The van der Waals surface area contributed by atoms with E-state index in [4.69, 9.17) is 5.73 Å². The van der Waals surface area contributed by atoms with Crippen LogP contribution in [0.3, 0.4) is 0 Å². The van der Waals surface area contributed by atoms with Gasteiger partial charge in [0.25, 0.3) is 0 Å². The first-order valence-corrected chi connectivity index (χ1v) is 5.18. The summed E-state index contributed by atoms with van der Waals surface area (Å²) < 4.78 is 14.7. The SMILES string of the molecule is Cn1ccnc1Sc1ccc(F)cc1N. The molecule has 0 amide bonds. The summed E-state index contributed by atoms with van der Waals surface area (Å²) in [5.41, 5.74) is 6.12. The third-order valence-electron chi connectivity index (χ3n) is 1.95. The minimum absolute atomic E-state index is 0.323. The van der Waals surface area contributed by atoms with E-state index in [0.29, 0.717) is 5.69 Å². The van der Waals surface area contributed by atoms with Gasteiger partial charge in [0, 0.05) is 30.0 Å². The van der Waals surface area contributed by atoms with Crippen molar-refractivity contribution in [1.82, 2.24) is 9.55 Å². The molecule has 0 spiro atoms. The Bertz CT molecular complexity index is 481. The third kappa shape index (κ3) is 2.12. The van der Waals surface area contributed by atoms with E-state index >= 15 is 0 Å². The number of rotatable bonds is 2. The van der Waals surface area contributed by atoms with E-state index in [0.717, 1.165) is 10.1 Å². The number of nitrogens with zero attached hydrogens (tertiary/aromatic N) is 2. The second kappa shape index (κ2) is 3.94. The normalized spacial score (nSPS) is 10.5. The molecule has 0 aliphatic rings. The van der Waals surface area contributed by atoms with E-state index in [1.807, 2.05) is 17.8 Å². The molecule has 0 saturated carbocycles. The monoisotopic (exact) mass is 223 g/mol. The average molecular weight is 223 g/mol. The van der Waals surface area contributed by atoms with Crippen LogP contribution in [0, 0.1) is 5.82 Å². The fourth-order valence-corrected chi connectivity index (χ4v) is 1.99. The van der Waals surface area contributed by atoms with Crippen molar-refractivity contribution in [3.8, 4) is 0 Å². The van der Waals surface area contributed by atoms with E-state index in [-0.39, 0.29) is 5.82 Å². The summed E-state index contributed by atoms with van der Waals surface area (Å²) in [6, 6.07) is 4.36. The van der Waals surface area contributed by atoms with Crippen molar-refractivity contribution in [2.24, 2.45) is 7.05 Å². The molecule has 2 rings (SSSR count). The largest absolute Gasteiger partial charge is 0.398 e. The van der Waals surface area contributed by atoms with Crippen molar-refractivity contribution >= 4 is 17.4 Å². The van der Waals surface area contributed by atoms with Crippen LogP contribution in [0.5, 0.6) is 0 Å². The lowest BCUT2D eigenvalue weighted by molar-refractivity contribution is 0.627. The molecular formula is C10H10FN3S. The molecule has 2 aromatic rings. The molecule has 0 radical (unpaired) electrons. The van der Waals surface area contributed by atoms with Gasteiger partial charge < -0.3 is 10.3 Å². The highest BCUT2D eigenvalue weighted by Gasteiger charge is 2.06. The van der Waals surface area contributed by atoms with Gasteiger partial charge in [-0.1, -0.05) is 0 Å². The van der Waals surface area contributed by atoms with E-state index in [1.165, 1.54) is 23.9 Å². The van der Waals surface area contributed by atoms with Crippen LogP contribution in [-0.2, 0) is 7.05 Å². The molecule has 0 bridgehead atoms. The van der Waals surface area contributed by atoms with Crippen LogP contribution in [-0.4, -0.2) is 9.55 Å². The van der Waals surface area contributed by atoms with Crippen molar-refractivity contribution in [1.29, 1.82) is 0 Å². The fourth-order valence-electron chi connectivity index (χ4n) is 1.16. The maximum atomic E-state index is 12.8. The summed E-state index contributed by atoms with van der Waals surface area (Å²) in [6.45, 7) is 0. The molecule has 2 N–H and O–H groups in total. The van der Waals surface area contributed by atoms with Gasteiger partial charge in [0.2, 0.25) is 0 Å². The Hall–Kier alpha value is -1.49. The number of halogens is 1. The zero-order valence-corrected chi connectivity index (χ0v) is 8.96. The van der Waals surface area contributed by atoms with Crippen molar-refractivity contribution < 1.29 is 4.39 Å². The lowest BCUT2D eigenvalue weighted by Crippen LogP contribution is -1.92. The Morgan fingerprint density at radius 2 is 2.27 bits per heavy atom. The number of aromatic nitrogens is 2. The van der Waals surface area contributed by atoms with E-state index < -0.39 is 0 Å². The van der Waals surface area contributed by atoms with Gasteiger partial charge in [-0.25, -0.2) is 9.37 Å². The first-order chi connectivity index (χ1) is 7.16. The molecule has 1 heterocycles. The molecule has 0 atom stereocenters. The summed E-state index contributed by atoms with van der Waals surface area (Å²) in [5, 5.41) is 0.827. The van der Waals surface area contributed by atoms with Crippen molar-refractivity contribution in [2.75, 3.05) is 5.73 Å². The van der Waals surface area contributed by atoms with E-state index in [9.17, 15) is 4.39 Å².